The number of amides is 1. The van der Waals surface area contributed by atoms with Crippen LogP contribution in [0.15, 0.2) is 24.3 Å². The van der Waals surface area contributed by atoms with E-state index in [1.165, 1.54) is 18.2 Å². The van der Waals surface area contributed by atoms with Crippen LogP contribution in [0, 0.1) is 0 Å². The van der Waals surface area contributed by atoms with E-state index in [1.807, 2.05) is 6.92 Å². The summed E-state index contributed by atoms with van der Waals surface area (Å²) in [6, 6.07) is 5.67. The number of piperazine rings is 1. The van der Waals surface area contributed by atoms with Crippen molar-refractivity contribution < 1.29 is 27.8 Å². The van der Waals surface area contributed by atoms with Crippen molar-refractivity contribution in [3.8, 4) is 5.75 Å². The van der Waals surface area contributed by atoms with Crippen LogP contribution in [0.1, 0.15) is 56.9 Å². The molecule has 0 bridgehead atoms. The second-order valence-electron chi connectivity index (χ2n) is 8.06. The number of hydrogen-bond acceptors (Lipinski definition) is 4. The Kier molecular flexibility index (Phi) is 6.73. The lowest BCUT2D eigenvalue weighted by Crippen LogP contribution is -2.56. The zero-order valence-electron chi connectivity index (χ0n) is 16.7. The zero-order valence-corrected chi connectivity index (χ0v) is 16.7. The number of aliphatic hydroxyl groups is 1. The largest absolute Gasteiger partial charge is 0.573 e. The summed E-state index contributed by atoms with van der Waals surface area (Å²) in [5, 5.41) is 14.8. The van der Waals surface area contributed by atoms with Crippen LogP contribution < -0.4 is 10.1 Å². The predicted octanol–water partition coefficient (Wildman–Crippen LogP) is 3.57. The fourth-order valence-electron chi connectivity index (χ4n) is 4.51. The first kappa shape index (κ1) is 21.9. The molecule has 1 saturated carbocycles. The summed E-state index contributed by atoms with van der Waals surface area (Å²) < 4.78 is 42.1. The number of nitrogens with one attached hydrogen (secondary N) is 1. The molecule has 1 aliphatic carbocycles. The van der Waals surface area contributed by atoms with Crippen molar-refractivity contribution in [2.75, 3.05) is 19.6 Å². The topological polar surface area (TPSA) is 61.8 Å². The average molecular weight is 414 g/mol. The number of carbonyl (C=O) groups is 1. The van der Waals surface area contributed by atoms with Crippen molar-refractivity contribution in [1.82, 2.24) is 10.2 Å². The molecule has 5 nitrogen and oxygen atoms in total. The number of rotatable bonds is 5. The van der Waals surface area contributed by atoms with Gasteiger partial charge >= 0.3 is 6.36 Å². The highest BCUT2D eigenvalue weighted by Gasteiger charge is 2.45. The molecule has 2 fully saturated rings. The van der Waals surface area contributed by atoms with E-state index in [1.54, 1.807) is 11.0 Å². The lowest BCUT2D eigenvalue weighted by molar-refractivity contribution is -0.274. The Balaban J connectivity index is 1.93. The van der Waals surface area contributed by atoms with E-state index in [0.29, 0.717) is 38.0 Å². The molecule has 29 heavy (non-hydrogen) atoms. The van der Waals surface area contributed by atoms with Gasteiger partial charge in [-0.15, -0.1) is 13.2 Å². The van der Waals surface area contributed by atoms with Crippen molar-refractivity contribution in [3.63, 3.8) is 0 Å². The van der Waals surface area contributed by atoms with Gasteiger partial charge in [0.2, 0.25) is 5.91 Å². The van der Waals surface area contributed by atoms with Gasteiger partial charge in [0.25, 0.3) is 0 Å². The molecular formula is C21H29F3N2O3. The Morgan fingerprint density at radius 3 is 2.72 bits per heavy atom. The summed E-state index contributed by atoms with van der Waals surface area (Å²) in [6.45, 7) is 3.74. The summed E-state index contributed by atoms with van der Waals surface area (Å²) in [5.41, 5.74) is -0.897. The summed E-state index contributed by atoms with van der Waals surface area (Å²) in [6.07, 6.45) is -0.475. The molecule has 1 saturated heterocycles. The fraction of sp³-hybridized carbons (Fsp3) is 0.667. The minimum Gasteiger partial charge on any atom is -0.406 e. The highest BCUT2D eigenvalue weighted by molar-refractivity contribution is 5.85. The first-order valence-corrected chi connectivity index (χ1v) is 10.3. The summed E-state index contributed by atoms with van der Waals surface area (Å²) in [4.78, 5) is 15.3. The number of benzene rings is 1. The number of hydrogen-bond donors (Lipinski definition) is 2. The van der Waals surface area contributed by atoms with Crippen LogP contribution in [0.3, 0.4) is 0 Å². The van der Waals surface area contributed by atoms with Crippen LogP contribution in [0.4, 0.5) is 13.2 Å². The maximum atomic E-state index is 13.5. The molecule has 0 radical (unpaired) electrons. The highest BCUT2D eigenvalue weighted by atomic mass is 19.4. The van der Waals surface area contributed by atoms with Gasteiger partial charge in [0.15, 0.2) is 0 Å². The maximum Gasteiger partial charge on any atom is 0.573 e. The van der Waals surface area contributed by atoms with Gasteiger partial charge in [0.05, 0.1) is 11.5 Å². The molecule has 2 unspecified atom stereocenters. The number of ether oxygens (including phenoxy) is 1. The standard InChI is InChI=1S/C21H29F3N2O3/c1-2-16-14-26(12-11-25-16)19(27)18(20(28)9-4-3-5-10-20)15-7-6-8-17(13-15)29-21(22,23)24/h6-8,13,16,18,25,28H,2-5,9-12,14H2,1H3. The van der Waals surface area contributed by atoms with Crippen molar-refractivity contribution >= 4 is 5.91 Å². The van der Waals surface area contributed by atoms with Gasteiger partial charge in [-0.3, -0.25) is 4.79 Å². The van der Waals surface area contributed by atoms with Gasteiger partial charge < -0.3 is 20.1 Å². The molecule has 2 aliphatic rings. The third-order valence-electron chi connectivity index (χ3n) is 5.99. The first-order valence-electron chi connectivity index (χ1n) is 10.3. The van der Waals surface area contributed by atoms with E-state index < -0.39 is 17.9 Å². The molecule has 1 aromatic rings. The molecule has 8 heteroatoms. The maximum absolute atomic E-state index is 13.5. The lowest BCUT2D eigenvalue weighted by Gasteiger charge is -2.42. The molecule has 0 aromatic heterocycles. The van der Waals surface area contributed by atoms with E-state index >= 15 is 0 Å². The van der Waals surface area contributed by atoms with Crippen molar-refractivity contribution in [3.05, 3.63) is 29.8 Å². The Morgan fingerprint density at radius 2 is 2.07 bits per heavy atom. The number of halogens is 3. The van der Waals surface area contributed by atoms with Crippen LogP contribution >= 0.6 is 0 Å². The van der Waals surface area contributed by atoms with Gasteiger partial charge in [0.1, 0.15) is 5.75 Å². The van der Waals surface area contributed by atoms with Crippen LogP contribution in [0.2, 0.25) is 0 Å². The zero-order chi connectivity index (χ0) is 21.1. The average Bonchev–Trinajstić information content (AvgIpc) is 2.67. The summed E-state index contributed by atoms with van der Waals surface area (Å²) >= 11 is 0. The third kappa shape index (κ3) is 5.42. The van der Waals surface area contributed by atoms with Crippen LogP contribution in [-0.4, -0.2) is 53.6 Å². The SMILES string of the molecule is CCC1CN(C(=O)C(c2cccc(OC(F)(F)F)c2)C2(O)CCCCC2)CCN1. The quantitative estimate of drug-likeness (QED) is 0.773. The fourth-order valence-corrected chi connectivity index (χ4v) is 4.51. The number of nitrogens with zero attached hydrogens (tertiary/aromatic N) is 1. The van der Waals surface area contributed by atoms with Crippen molar-refractivity contribution in [1.29, 1.82) is 0 Å². The van der Waals surface area contributed by atoms with E-state index in [4.69, 9.17) is 0 Å². The molecule has 1 aromatic carbocycles. The molecule has 2 N–H and O–H groups in total. The smallest absolute Gasteiger partial charge is 0.406 e. The molecule has 1 amide bonds. The second kappa shape index (κ2) is 8.92. The molecule has 3 rings (SSSR count). The summed E-state index contributed by atoms with van der Waals surface area (Å²) in [7, 11) is 0. The number of alkyl halides is 3. The molecular weight excluding hydrogens is 385 g/mol. The Hall–Kier alpha value is -1.80. The van der Waals surface area contributed by atoms with Gasteiger partial charge in [-0.2, -0.15) is 0 Å². The Morgan fingerprint density at radius 1 is 1.34 bits per heavy atom. The lowest BCUT2D eigenvalue weighted by atomic mass is 9.72. The molecule has 1 heterocycles. The van der Waals surface area contributed by atoms with Crippen molar-refractivity contribution in [2.24, 2.45) is 0 Å². The molecule has 0 spiro atoms. The van der Waals surface area contributed by atoms with Gasteiger partial charge in [0, 0.05) is 25.7 Å². The highest BCUT2D eigenvalue weighted by Crippen LogP contribution is 2.42. The normalized spacial score (nSPS) is 23.5. The van der Waals surface area contributed by atoms with E-state index in [9.17, 15) is 23.1 Å². The van der Waals surface area contributed by atoms with Gasteiger partial charge in [-0.25, -0.2) is 0 Å². The third-order valence-corrected chi connectivity index (χ3v) is 5.99. The summed E-state index contributed by atoms with van der Waals surface area (Å²) in [5.74, 6) is -1.51. The van der Waals surface area contributed by atoms with Gasteiger partial charge in [-0.05, 0) is 37.0 Å². The predicted molar refractivity (Wildman–Crippen MR) is 103 cm³/mol. The number of carbonyl (C=O) groups excluding carboxylic acids is 1. The second-order valence-corrected chi connectivity index (χ2v) is 8.06. The minimum atomic E-state index is -4.81. The molecule has 2 atom stereocenters. The monoisotopic (exact) mass is 414 g/mol. The first-order chi connectivity index (χ1) is 13.7. The van der Waals surface area contributed by atoms with Crippen molar-refractivity contribution in [2.45, 2.75) is 69.4 Å². The Bertz CT molecular complexity index is 705. The Labute approximate surface area is 169 Å². The minimum absolute atomic E-state index is 0.175. The van der Waals surface area contributed by atoms with Crippen LogP contribution in [0.5, 0.6) is 5.75 Å². The van der Waals surface area contributed by atoms with E-state index in [0.717, 1.165) is 25.7 Å². The van der Waals surface area contributed by atoms with E-state index in [-0.39, 0.29) is 17.7 Å². The van der Waals surface area contributed by atoms with Crippen LogP contribution in [-0.2, 0) is 4.79 Å². The van der Waals surface area contributed by atoms with Crippen LogP contribution in [0.25, 0.3) is 0 Å². The molecule has 162 valence electrons. The van der Waals surface area contributed by atoms with Gasteiger partial charge in [-0.1, -0.05) is 38.3 Å². The van der Waals surface area contributed by atoms with E-state index in [2.05, 4.69) is 10.1 Å². The molecule has 1 aliphatic heterocycles.